The molecule has 114 valence electrons. The van der Waals surface area contributed by atoms with Gasteiger partial charge in [0.25, 0.3) is 0 Å². The van der Waals surface area contributed by atoms with Gasteiger partial charge in [-0.3, -0.25) is 4.79 Å². The Hall–Kier alpha value is -0.770. The fraction of sp³-hybridized carbons (Fsp3) is 0.562. The van der Waals surface area contributed by atoms with Crippen LogP contribution in [0.5, 0.6) is 0 Å². The van der Waals surface area contributed by atoms with E-state index in [9.17, 15) is 4.79 Å². The molecule has 2 fully saturated rings. The fourth-order valence-electron chi connectivity index (χ4n) is 3.30. The van der Waals surface area contributed by atoms with Crippen molar-refractivity contribution in [3.8, 4) is 0 Å². The molecule has 0 radical (unpaired) electrons. The molecule has 1 saturated carbocycles. The molecule has 1 aliphatic heterocycles. The fourth-order valence-corrected chi connectivity index (χ4v) is 3.61. The van der Waals surface area contributed by atoms with Crippen molar-refractivity contribution in [1.82, 2.24) is 10.2 Å². The number of nitrogens with one attached hydrogen (secondary N) is 1. The average Bonchev–Trinajstić information content (AvgIpc) is 3.13. The predicted octanol–water partition coefficient (Wildman–Crippen LogP) is 3.16. The van der Waals surface area contributed by atoms with Crippen LogP contribution < -0.4 is 5.32 Å². The summed E-state index contributed by atoms with van der Waals surface area (Å²) in [4.78, 5) is 14.6. The molecule has 1 N–H and O–H groups in total. The van der Waals surface area contributed by atoms with Crippen LogP contribution in [0.25, 0.3) is 0 Å². The lowest BCUT2D eigenvalue weighted by Crippen LogP contribution is -2.31. The number of carbonyl (C=O) groups is 1. The summed E-state index contributed by atoms with van der Waals surface area (Å²) < 4.78 is 0. The van der Waals surface area contributed by atoms with E-state index >= 15 is 0 Å². The molecule has 1 aromatic rings. The molecular formula is C16H20Cl2N2O. The molecule has 0 spiro atoms. The zero-order valence-electron chi connectivity index (χ0n) is 12.1. The Morgan fingerprint density at radius 3 is 2.90 bits per heavy atom. The van der Waals surface area contributed by atoms with Gasteiger partial charge in [0.15, 0.2) is 0 Å². The highest BCUT2D eigenvalue weighted by molar-refractivity contribution is 6.42. The van der Waals surface area contributed by atoms with Crippen LogP contribution in [0.4, 0.5) is 0 Å². The van der Waals surface area contributed by atoms with Gasteiger partial charge < -0.3 is 10.2 Å². The Balaban J connectivity index is 1.60. The number of likely N-dealkylation sites (tertiary alicyclic amines) is 1. The molecule has 1 amide bonds. The normalized spacial score (nSPS) is 28.0. The Morgan fingerprint density at radius 1 is 1.38 bits per heavy atom. The third kappa shape index (κ3) is 3.20. The molecule has 5 heteroatoms. The van der Waals surface area contributed by atoms with E-state index < -0.39 is 0 Å². The van der Waals surface area contributed by atoms with Crippen LogP contribution in [0, 0.1) is 11.8 Å². The molecule has 3 rings (SSSR count). The first-order chi connectivity index (χ1) is 10.1. The third-order valence-corrected chi connectivity index (χ3v) is 5.31. The van der Waals surface area contributed by atoms with Crippen LogP contribution >= 0.6 is 23.2 Å². The summed E-state index contributed by atoms with van der Waals surface area (Å²) in [6, 6.07) is 5.70. The van der Waals surface area contributed by atoms with Crippen LogP contribution in [0.2, 0.25) is 10.0 Å². The second kappa shape index (κ2) is 6.15. The van der Waals surface area contributed by atoms with E-state index in [0.717, 1.165) is 38.0 Å². The quantitative estimate of drug-likeness (QED) is 0.921. The second-order valence-corrected chi connectivity index (χ2v) is 6.93. The van der Waals surface area contributed by atoms with Crippen molar-refractivity contribution < 1.29 is 4.79 Å². The highest BCUT2D eigenvalue weighted by Gasteiger charge is 2.46. The van der Waals surface area contributed by atoms with Crippen molar-refractivity contribution in [2.24, 2.45) is 11.8 Å². The number of hydrogen-bond donors (Lipinski definition) is 1. The maximum Gasteiger partial charge on any atom is 0.226 e. The van der Waals surface area contributed by atoms with Crippen molar-refractivity contribution >= 4 is 29.1 Å². The smallest absolute Gasteiger partial charge is 0.226 e. The number of halogens is 2. The monoisotopic (exact) mass is 326 g/mol. The van der Waals surface area contributed by atoms with E-state index in [1.54, 1.807) is 0 Å². The van der Waals surface area contributed by atoms with E-state index in [1.807, 2.05) is 30.1 Å². The number of hydrogen-bond acceptors (Lipinski definition) is 2. The molecule has 1 aromatic carbocycles. The summed E-state index contributed by atoms with van der Waals surface area (Å²) in [7, 11) is 1.96. The Bertz CT molecular complexity index is 549. The molecular weight excluding hydrogens is 307 g/mol. The minimum atomic E-state index is 0.135. The molecule has 21 heavy (non-hydrogen) atoms. The summed E-state index contributed by atoms with van der Waals surface area (Å²) in [5.74, 6) is 1.36. The van der Waals surface area contributed by atoms with Crippen LogP contribution in [0.15, 0.2) is 18.2 Å². The van der Waals surface area contributed by atoms with Gasteiger partial charge >= 0.3 is 0 Å². The largest absolute Gasteiger partial charge is 0.342 e. The SMILES string of the molecule is CNC[C@@H]1CCN(C(=O)[C@H]2C[C@H]2c2ccc(Cl)c(Cl)c2)C1. The number of rotatable bonds is 4. The first-order valence-electron chi connectivity index (χ1n) is 7.48. The van der Waals surface area contributed by atoms with E-state index in [-0.39, 0.29) is 5.92 Å². The summed E-state index contributed by atoms with van der Waals surface area (Å²) in [5.41, 5.74) is 1.13. The van der Waals surface area contributed by atoms with Gasteiger partial charge in [-0.05, 0) is 56.0 Å². The minimum absolute atomic E-state index is 0.135. The lowest BCUT2D eigenvalue weighted by Gasteiger charge is -2.16. The first kappa shape index (κ1) is 15.1. The molecule has 1 heterocycles. The van der Waals surface area contributed by atoms with Gasteiger partial charge in [0.2, 0.25) is 5.91 Å². The lowest BCUT2D eigenvalue weighted by molar-refractivity contribution is -0.131. The molecule has 0 unspecified atom stereocenters. The predicted molar refractivity (Wildman–Crippen MR) is 85.9 cm³/mol. The van der Waals surface area contributed by atoms with Gasteiger partial charge in [-0.15, -0.1) is 0 Å². The summed E-state index contributed by atoms with van der Waals surface area (Å²) >= 11 is 12.0. The van der Waals surface area contributed by atoms with E-state index in [2.05, 4.69) is 5.32 Å². The van der Waals surface area contributed by atoms with Gasteiger partial charge in [-0.25, -0.2) is 0 Å². The zero-order chi connectivity index (χ0) is 15.0. The number of amides is 1. The third-order valence-electron chi connectivity index (χ3n) is 4.57. The maximum atomic E-state index is 12.5. The number of carbonyl (C=O) groups excluding carboxylic acids is 1. The molecule has 3 atom stereocenters. The van der Waals surface area contributed by atoms with Gasteiger partial charge in [0.1, 0.15) is 0 Å². The van der Waals surface area contributed by atoms with Crippen LogP contribution in [-0.2, 0) is 4.79 Å². The van der Waals surface area contributed by atoms with Crippen LogP contribution in [0.3, 0.4) is 0 Å². The van der Waals surface area contributed by atoms with Crippen LogP contribution in [-0.4, -0.2) is 37.5 Å². The van der Waals surface area contributed by atoms with Crippen molar-refractivity contribution in [3.63, 3.8) is 0 Å². The summed E-state index contributed by atoms with van der Waals surface area (Å²) in [6.07, 6.45) is 2.04. The highest BCUT2D eigenvalue weighted by Crippen LogP contribution is 2.49. The number of benzene rings is 1. The Morgan fingerprint density at radius 2 is 2.19 bits per heavy atom. The summed E-state index contributed by atoms with van der Waals surface area (Å²) in [5, 5.41) is 4.33. The zero-order valence-corrected chi connectivity index (χ0v) is 13.6. The molecule has 1 saturated heterocycles. The molecule has 0 aromatic heterocycles. The topological polar surface area (TPSA) is 32.3 Å². The van der Waals surface area contributed by atoms with Crippen molar-refractivity contribution in [3.05, 3.63) is 33.8 Å². The van der Waals surface area contributed by atoms with Gasteiger partial charge in [0, 0.05) is 19.0 Å². The molecule has 2 aliphatic rings. The van der Waals surface area contributed by atoms with E-state index in [1.165, 1.54) is 0 Å². The van der Waals surface area contributed by atoms with Crippen LogP contribution in [0.1, 0.15) is 24.3 Å². The Kier molecular flexibility index (Phi) is 4.43. The summed E-state index contributed by atoms with van der Waals surface area (Å²) in [6.45, 7) is 2.78. The van der Waals surface area contributed by atoms with Crippen molar-refractivity contribution in [2.75, 3.05) is 26.7 Å². The average molecular weight is 327 g/mol. The Labute approximate surface area is 135 Å². The first-order valence-corrected chi connectivity index (χ1v) is 8.24. The lowest BCUT2D eigenvalue weighted by atomic mass is 10.1. The minimum Gasteiger partial charge on any atom is -0.342 e. The standard InChI is InChI=1S/C16H20Cl2N2O/c1-19-8-10-4-5-20(9-10)16(21)13-7-12(13)11-2-3-14(17)15(18)6-11/h2-3,6,10,12-13,19H,4-5,7-9H2,1H3/t10-,12-,13-/m0/s1. The molecule has 3 nitrogen and oxygen atoms in total. The van der Waals surface area contributed by atoms with Gasteiger partial charge in [0.05, 0.1) is 10.0 Å². The van der Waals surface area contributed by atoms with E-state index in [4.69, 9.17) is 23.2 Å². The van der Waals surface area contributed by atoms with Crippen molar-refractivity contribution in [2.45, 2.75) is 18.8 Å². The molecule has 0 bridgehead atoms. The van der Waals surface area contributed by atoms with Crippen molar-refractivity contribution in [1.29, 1.82) is 0 Å². The molecule has 1 aliphatic carbocycles. The highest BCUT2D eigenvalue weighted by atomic mass is 35.5. The number of nitrogens with zero attached hydrogens (tertiary/aromatic N) is 1. The maximum absolute atomic E-state index is 12.5. The van der Waals surface area contributed by atoms with Gasteiger partial charge in [-0.2, -0.15) is 0 Å². The van der Waals surface area contributed by atoms with E-state index in [0.29, 0.717) is 27.8 Å². The second-order valence-electron chi connectivity index (χ2n) is 6.12. The van der Waals surface area contributed by atoms with Gasteiger partial charge in [-0.1, -0.05) is 29.3 Å².